The second-order valence-corrected chi connectivity index (χ2v) is 5.91. The van der Waals surface area contributed by atoms with Crippen molar-refractivity contribution < 1.29 is 18.7 Å². The van der Waals surface area contributed by atoms with E-state index in [-0.39, 0.29) is 43.7 Å². The number of halogens is 1. The van der Waals surface area contributed by atoms with Gasteiger partial charge in [-0.1, -0.05) is 24.3 Å². The van der Waals surface area contributed by atoms with Crippen LogP contribution in [-0.4, -0.2) is 25.0 Å². The van der Waals surface area contributed by atoms with Crippen molar-refractivity contribution in [3.63, 3.8) is 0 Å². The molecule has 0 bridgehead atoms. The van der Waals surface area contributed by atoms with Crippen LogP contribution in [0.1, 0.15) is 17.5 Å². The van der Waals surface area contributed by atoms with Gasteiger partial charge in [0.25, 0.3) is 5.91 Å². The molecule has 130 valence electrons. The van der Waals surface area contributed by atoms with E-state index in [1.807, 2.05) is 12.1 Å². The van der Waals surface area contributed by atoms with Gasteiger partial charge in [0.15, 0.2) is 6.61 Å². The highest BCUT2D eigenvalue weighted by Crippen LogP contribution is 2.31. The molecule has 2 aromatic rings. The molecule has 0 aromatic heterocycles. The Hall–Kier alpha value is -2.89. The van der Waals surface area contributed by atoms with Crippen LogP contribution in [0.4, 0.5) is 10.1 Å². The van der Waals surface area contributed by atoms with E-state index in [0.717, 1.165) is 0 Å². The van der Waals surface area contributed by atoms with Gasteiger partial charge in [0.2, 0.25) is 5.91 Å². The number of para-hydroxylation sites is 2. The number of carbonyl (C=O) groups is 2. The summed E-state index contributed by atoms with van der Waals surface area (Å²) in [6.07, 6.45) is 0.161. The number of ether oxygens (including phenoxy) is 1. The minimum Gasteiger partial charge on any atom is -0.482 e. The summed E-state index contributed by atoms with van der Waals surface area (Å²) in [6.45, 7) is 2.19. The molecule has 0 radical (unpaired) electrons. The minimum atomic E-state index is -0.290. The minimum absolute atomic E-state index is 0.0265. The van der Waals surface area contributed by atoms with E-state index in [4.69, 9.17) is 4.74 Å². The number of rotatable bonds is 5. The number of fused-ring (bicyclic) bond motifs is 1. The van der Waals surface area contributed by atoms with Crippen LogP contribution in [0.5, 0.6) is 5.75 Å². The van der Waals surface area contributed by atoms with E-state index in [1.165, 1.54) is 6.07 Å². The maximum atomic E-state index is 13.5. The van der Waals surface area contributed by atoms with Crippen molar-refractivity contribution in [2.24, 2.45) is 0 Å². The lowest BCUT2D eigenvalue weighted by Crippen LogP contribution is -2.41. The fourth-order valence-electron chi connectivity index (χ4n) is 2.65. The normalized spacial score (nSPS) is 13.2. The van der Waals surface area contributed by atoms with Crippen LogP contribution in [0.25, 0.3) is 0 Å². The standard InChI is InChI=1S/C19H19FN2O3/c1-13-6-7-14(10-15(13)20)11-21-18(23)8-9-22-16-4-2-3-5-17(16)25-12-19(22)24/h2-7,10H,8-9,11-12H2,1H3,(H,21,23). The number of nitrogens with one attached hydrogen (secondary N) is 1. The Balaban J connectivity index is 1.55. The van der Waals surface area contributed by atoms with Gasteiger partial charge in [-0.2, -0.15) is 0 Å². The number of benzene rings is 2. The van der Waals surface area contributed by atoms with Crippen LogP contribution >= 0.6 is 0 Å². The molecule has 3 rings (SSSR count). The fraction of sp³-hybridized carbons (Fsp3) is 0.263. The van der Waals surface area contributed by atoms with Gasteiger partial charge in [0, 0.05) is 19.5 Å². The number of carbonyl (C=O) groups excluding carboxylic acids is 2. The predicted octanol–water partition coefficient (Wildman–Crippen LogP) is 2.57. The van der Waals surface area contributed by atoms with Crippen LogP contribution in [0.15, 0.2) is 42.5 Å². The second-order valence-electron chi connectivity index (χ2n) is 5.91. The van der Waals surface area contributed by atoms with E-state index in [1.54, 1.807) is 36.1 Å². The molecular weight excluding hydrogens is 323 g/mol. The third kappa shape index (κ3) is 3.96. The SMILES string of the molecule is Cc1ccc(CNC(=O)CCN2C(=O)COc3ccccc32)cc1F. The molecule has 2 aromatic carbocycles. The van der Waals surface area contributed by atoms with Crippen molar-refractivity contribution in [2.45, 2.75) is 19.9 Å². The Morgan fingerprint density at radius 3 is 2.88 bits per heavy atom. The number of nitrogens with zero attached hydrogens (tertiary/aromatic N) is 1. The van der Waals surface area contributed by atoms with Crippen molar-refractivity contribution in [2.75, 3.05) is 18.1 Å². The monoisotopic (exact) mass is 342 g/mol. The van der Waals surface area contributed by atoms with Gasteiger partial charge in [0.05, 0.1) is 5.69 Å². The van der Waals surface area contributed by atoms with E-state index in [2.05, 4.69) is 5.32 Å². The molecule has 6 heteroatoms. The lowest BCUT2D eigenvalue weighted by atomic mass is 10.1. The maximum absolute atomic E-state index is 13.5. The lowest BCUT2D eigenvalue weighted by Gasteiger charge is -2.29. The van der Waals surface area contributed by atoms with Crippen LogP contribution in [0.3, 0.4) is 0 Å². The van der Waals surface area contributed by atoms with Crippen molar-refractivity contribution in [1.29, 1.82) is 0 Å². The van der Waals surface area contributed by atoms with Gasteiger partial charge in [-0.15, -0.1) is 0 Å². The van der Waals surface area contributed by atoms with Crippen LogP contribution in [0, 0.1) is 12.7 Å². The Kier molecular flexibility index (Phi) is 4.97. The average molecular weight is 342 g/mol. The van der Waals surface area contributed by atoms with Crippen LogP contribution in [-0.2, 0) is 16.1 Å². The van der Waals surface area contributed by atoms with Gasteiger partial charge in [-0.05, 0) is 36.2 Å². The Bertz CT molecular complexity index is 807. The molecule has 2 amide bonds. The number of hydrogen-bond acceptors (Lipinski definition) is 3. The third-order valence-corrected chi connectivity index (χ3v) is 4.10. The molecule has 0 saturated heterocycles. The quantitative estimate of drug-likeness (QED) is 0.908. The highest BCUT2D eigenvalue weighted by molar-refractivity contribution is 5.98. The molecule has 1 N–H and O–H groups in total. The second kappa shape index (κ2) is 7.34. The molecule has 1 aliphatic rings. The highest BCUT2D eigenvalue weighted by atomic mass is 19.1. The molecule has 0 atom stereocenters. The fourth-order valence-corrected chi connectivity index (χ4v) is 2.65. The molecule has 1 heterocycles. The molecule has 0 fully saturated rings. The molecule has 25 heavy (non-hydrogen) atoms. The third-order valence-electron chi connectivity index (χ3n) is 4.10. The smallest absolute Gasteiger partial charge is 0.265 e. The molecular formula is C19H19FN2O3. The average Bonchev–Trinajstić information content (AvgIpc) is 2.62. The zero-order valence-electron chi connectivity index (χ0n) is 13.9. The summed E-state index contributed by atoms with van der Waals surface area (Å²) in [5.41, 5.74) is 1.94. The van der Waals surface area contributed by atoms with Crippen molar-refractivity contribution >= 4 is 17.5 Å². The van der Waals surface area contributed by atoms with E-state index in [0.29, 0.717) is 22.6 Å². The first-order valence-electron chi connectivity index (χ1n) is 8.08. The first-order chi connectivity index (χ1) is 12.0. The van der Waals surface area contributed by atoms with Gasteiger partial charge in [0.1, 0.15) is 11.6 Å². The zero-order chi connectivity index (χ0) is 17.8. The summed E-state index contributed by atoms with van der Waals surface area (Å²) in [6, 6.07) is 12.1. The molecule has 0 unspecified atom stereocenters. The molecule has 0 saturated carbocycles. The van der Waals surface area contributed by atoms with Crippen molar-refractivity contribution in [3.05, 3.63) is 59.4 Å². The van der Waals surface area contributed by atoms with E-state index >= 15 is 0 Å². The van der Waals surface area contributed by atoms with Crippen LogP contribution in [0.2, 0.25) is 0 Å². The molecule has 1 aliphatic heterocycles. The largest absolute Gasteiger partial charge is 0.482 e. The van der Waals surface area contributed by atoms with Crippen molar-refractivity contribution in [1.82, 2.24) is 5.32 Å². The molecule has 0 spiro atoms. The van der Waals surface area contributed by atoms with Crippen molar-refractivity contribution in [3.8, 4) is 5.75 Å². The highest BCUT2D eigenvalue weighted by Gasteiger charge is 2.25. The van der Waals surface area contributed by atoms with Crippen LogP contribution < -0.4 is 15.0 Å². The first-order valence-corrected chi connectivity index (χ1v) is 8.08. The topological polar surface area (TPSA) is 58.6 Å². The summed E-state index contributed by atoms with van der Waals surface area (Å²) in [4.78, 5) is 25.7. The Labute approximate surface area is 145 Å². The summed E-state index contributed by atoms with van der Waals surface area (Å²) in [5.74, 6) is -0.0234. The zero-order valence-corrected chi connectivity index (χ0v) is 13.9. The number of aryl methyl sites for hydroxylation is 1. The predicted molar refractivity (Wildman–Crippen MR) is 91.9 cm³/mol. The summed E-state index contributed by atoms with van der Waals surface area (Å²) >= 11 is 0. The Morgan fingerprint density at radius 2 is 2.08 bits per heavy atom. The number of anilines is 1. The Morgan fingerprint density at radius 1 is 1.28 bits per heavy atom. The van der Waals surface area contributed by atoms with Gasteiger partial charge >= 0.3 is 0 Å². The summed E-state index contributed by atoms with van der Waals surface area (Å²) < 4.78 is 18.9. The van der Waals surface area contributed by atoms with Gasteiger partial charge in [-0.25, -0.2) is 4.39 Å². The number of amides is 2. The van der Waals surface area contributed by atoms with Gasteiger partial charge < -0.3 is 15.0 Å². The summed E-state index contributed by atoms with van der Waals surface area (Å²) in [5, 5.41) is 2.75. The number of hydrogen-bond donors (Lipinski definition) is 1. The van der Waals surface area contributed by atoms with E-state index in [9.17, 15) is 14.0 Å². The maximum Gasteiger partial charge on any atom is 0.265 e. The van der Waals surface area contributed by atoms with Gasteiger partial charge in [-0.3, -0.25) is 9.59 Å². The summed E-state index contributed by atoms with van der Waals surface area (Å²) in [7, 11) is 0. The lowest BCUT2D eigenvalue weighted by molar-refractivity contribution is -0.122. The molecule has 5 nitrogen and oxygen atoms in total. The molecule has 0 aliphatic carbocycles. The first kappa shape index (κ1) is 17.0. The van der Waals surface area contributed by atoms with E-state index < -0.39 is 0 Å².